The summed E-state index contributed by atoms with van der Waals surface area (Å²) in [4.78, 5) is 11.0. The van der Waals surface area contributed by atoms with Gasteiger partial charge in [0.15, 0.2) is 5.78 Å². The molecule has 0 saturated carbocycles. The molecule has 0 amide bonds. The first-order chi connectivity index (χ1) is 6.73. The summed E-state index contributed by atoms with van der Waals surface area (Å²) in [6.07, 6.45) is -4.53. The normalized spacial score (nSPS) is 11.6. The third-order valence-electron chi connectivity index (χ3n) is 1.72. The second-order valence-electron chi connectivity index (χ2n) is 2.87. The first kappa shape index (κ1) is 12.5. The lowest BCUT2D eigenvalue weighted by atomic mass is 10.1. The van der Waals surface area contributed by atoms with Crippen LogP contribution >= 0.6 is 27.5 Å². The number of alkyl halides is 3. The van der Waals surface area contributed by atoms with Gasteiger partial charge in [-0.15, -0.1) is 0 Å². The lowest BCUT2D eigenvalue weighted by molar-refractivity contribution is -0.138. The Balaban J connectivity index is 3.49. The van der Waals surface area contributed by atoms with Gasteiger partial charge in [0.25, 0.3) is 0 Å². The fourth-order valence-electron chi connectivity index (χ4n) is 1.05. The van der Waals surface area contributed by atoms with Crippen LogP contribution in [0.1, 0.15) is 22.8 Å². The van der Waals surface area contributed by atoms with E-state index in [9.17, 15) is 18.0 Å². The number of ketones is 1. The molecule has 0 N–H and O–H groups in total. The summed E-state index contributed by atoms with van der Waals surface area (Å²) in [7, 11) is 0. The van der Waals surface area contributed by atoms with Crippen molar-refractivity contribution in [3.63, 3.8) is 0 Å². The molecule has 82 valence electrons. The summed E-state index contributed by atoms with van der Waals surface area (Å²) in [6.45, 7) is 1.18. The molecule has 0 spiro atoms. The van der Waals surface area contributed by atoms with Crippen molar-refractivity contribution in [2.24, 2.45) is 0 Å². The van der Waals surface area contributed by atoms with Crippen molar-refractivity contribution in [3.05, 3.63) is 32.8 Å². The van der Waals surface area contributed by atoms with E-state index in [1.165, 1.54) is 13.0 Å². The smallest absolute Gasteiger partial charge is 0.294 e. The van der Waals surface area contributed by atoms with Gasteiger partial charge in [-0.2, -0.15) is 13.2 Å². The number of hydrogen-bond acceptors (Lipinski definition) is 1. The topological polar surface area (TPSA) is 17.1 Å². The maximum absolute atomic E-state index is 12.5. The molecule has 0 aliphatic heterocycles. The van der Waals surface area contributed by atoms with E-state index in [0.29, 0.717) is 0 Å². The zero-order valence-electron chi connectivity index (χ0n) is 7.45. The van der Waals surface area contributed by atoms with E-state index < -0.39 is 17.5 Å². The molecule has 0 atom stereocenters. The van der Waals surface area contributed by atoms with Gasteiger partial charge < -0.3 is 0 Å². The Bertz CT molecular complexity index is 415. The highest BCUT2D eigenvalue weighted by atomic mass is 79.9. The molecule has 0 heterocycles. The number of benzene rings is 1. The molecule has 1 aromatic rings. The monoisotopic (exact) mass is 300 g/mol. The van der Waals surface area contributed by atoms with Crippen LogP contribution in [-0.2, 0) is 6.18 Å². The van der Waals surface area contributed by atoms with Crippen molar-refractivity contribution >= 4 is 33.3 Å². The molecule has 15 heavy (non-hydrogen) atoms. The minimum absolute atomic E-state index is 0.0742. The molecule has 1 nitrogen and oxygen atoms in total. The van der Waals surface area contributed by atoms with Crippen LogP contribution in [0.3, 0.4) is 0 Å². The molecule has 0 aromatic heterocycles. The maximum Gasteiger partial charge on any atom is 0.417 e. The first-order valence-corrected chi connectivity index (χ1v) is 4.97. The van der Waals surface area contributed by atoms with Crippen molar-refractivity contribution in [2.75, 3.05) is 0 Å². The number of hydrogen-bond donors (Lipinski definition) is 0. The van der Waals surface area contributed by atoms with Crippen molar-refractivity contribution in [2.45, 2.75) is 13.1 Å². The number of carbonyl (C=O) groups is 1. The lowest BCUT2D eigenvalue weighted by Crippen LogP contribution is -2.09. The fraction of sp³-hybridized carbons (Fsp3) is 0.222. The average Bonchev–Trinajstić information content (AvgIpc) is 2.06. The maximum atomic E-state index is 12.5. The second kappa shape index (κ2) is 4.14. The molecule has 0 bridgehead atoms. The molecule has 0 unspecified atom stereocenters. The highest BCUT2D eigenvalue weighted by Crippen LogP contribution is 2.38. The molecule has 0 aliphatic carbocycles. The molecule has 0 aliphatic rings. The van der Waals surface area contributed by atoms with E-state index in [1.807, 2.05) is 0 Å². The van der Waals surface area contributed by atoms with E-state index in [0.717, 1.165) is 6.07 Å². The third-order valence-corrected chi connectivity index (χ3v) is 2.79. The summed E-state index contributed by atoms with van der Waals surface area (Å²) >= 11 is 8.25. The van der Waals surface area contributed by atoms with Gasteiger partial charge >= 0.3 is 6.18 Å². The van der Waals surface area contributed by atoms with Gasteiger partial charge in [-0.05, 0) is 35.0 Å². The Morgan fingerprint density at radius 3 is 2.33 bits per heavy atom. The molecule has 0 radical (unpaired) electrons. The van der Waals surface area contributed by atoms with Crippen LogP contribution < -0.4 is 0 Å². The SMILES string of the molecule is CC(=O)c1cc(Cl)cc(C(F)(F)F)c1Br. The van der Waals surface area contributed by atoms with Gasteiger partial charge in [0.1, 0.15) is 0 Å². The zero-order chi connectivity index (χ0) is 11.8. The van der Waals surface area contributed by atoms with E-state index in [4.69, 9.17) is 11.6 Å². The van der Waals surface area contributed by atoms with Crippen molar-refractivity contribution in [3.8, 4) is 0 Å². The highest BCUT2D eigenvalue weighted by molar-refractivity contribution is 9.10. The highest BCUT2D eigenvalue weighted by Gasteiger charge is 2.34. The van der Waals surface area contributed by atoms with E-state index in [2.05, 4.69) is 15.9 Å². The Hall–Kier alpha value is -0.550. The van der Waals surface area contributed by atoms with Crippen LogP contribution in [0, 0.1) is 0 Å². The summed E-state index contributed by atoms with van der Waals surface area (Å²) in [5, 5.41) is -0.115. The number of rotatable bonds is 1. The molecule has 0 fully saturated rings. The molecule has 1 aromatic carbocycles. The largest absolute Gasteiger partial charge is 0.417 e. The van der Waals surface area contributed by atoms with Crippen LogP contribution in [-0.4, -0.2) is 5.78 Å². The van der Waals surface area contributed by atoms with E-state index in [-0.39, 0.29) is 15.1 Å². The third kappa shape index (κ3) is 2.72. The van der Waals surface area contributed by atoms with Gasteiger partial charge in [-0.3, -0.25) is 4.79 Å². The van der Waals surface area contributed by atoms with Crippen molar-refractivity contribution < 1.29 is 18.0 Å². The molecular weight excluding hydrogens is 296 g/mol. The van der Waals surface area contributed by atoms with Crippen molar-refractivity contribution in [1.82, 2.24) is 0 Å². The number of halogens is 5. The Morgan fingerprint density at radius 1 is 1.40 bits per heavy atom. The summed E-state index contributed by atoms with van der Waals surface area (Å²) in [5.74, 6) is -0.477. The van der Waals surface area contributed by atoms with Gasteiger partial charge in [-0.25, -0.2) is 0 Å². The zero-order valence-corrected chi connectivity index (χ0v) is 9.79. The Kier molecular flexibility index (Phi) is 3.45. The van der Waals surface area contributed by atoms with Crippen LogP contribution in [0.15, 0.2) is 16.6 Å². The molecule has 0 saturated heterocycles. The number of Topliss-reactive ketones (excluding diaryl/α,β-unsaturated/α-hetero) is 1. The Morgan fingerprint density at radius 2 is 1.93 bits per heavy atom. The number of carbonyl (C=O) groups excluding carboxylic acids is 1. The van der Waals surface area contributed by atoms with Crippen molar-refractivity contribution in [1.29, 1.82) is 0 Å². The summed E-state index contributed by atoms with van der Waals surface area (Å²) in [6, 6.07) is 1.97. The predicted molar refractivity (Wildman–Crippen MR) is 54.2 cm³/mol. The van der Waals surface area contributed by atoms with Gasteiger partial charge in [0.05, 0.1) is 5.56 Å². The molecular formula is C9H5BrClF3O. The van der Waals surface area contributed by atoms with Gasteiger partial charge in [0.2, 0.25) is 0 Å². The fourth-order valence-corrected chi connectivity index (χ4v) is 2.00. The van der Waals surface area contributed by atoms with Crippen LogP contribution in [0.5, 0.6) is 0 Å². The van der Waals surface area contributed by atoms with Crippen LogP contribution in [0.2, 0.25) is 5.02 Å². The quantitative estimate of drug-likeness (QED) is 0.706. The van der Waals surface area contributed by atoms with E-state index >= 15 is 0 Å². The van der Waals surface area contributed by atoms with Gasteiger partial charge in [0, 0.05) is 15.1 Å². The summed E-state index contributed by atoms with van der Waals surface area (Å²) in [5.41, 5.74) is -1.02. The van der Waals surface area contributed by atoms with Crippen LogP contribution in [0.25, 0.3) is 0 Å². The minimum atomic E-state index is -4.53. The van der Waals surface area contributed by atoms with E-state index in [1.54, 1.807) is 0 Å². The standard InChI is InChI=1S/C9H5BrClF3O/c1-4(15)6-2-5(11)3-7(8(6)10)9(12,13)14/h2-3H,1H3. The van der Waals surface area contributed by atoms with Crippen LogP contribution in [0.4, 0.5) is 13.2 Å². The molecule has 1 rings (SSSR count). The first-order valence-electron chi connectivity index (χ1n) is 3.80. The molecule has 6 heteroatoms. The Labute approximate surface area is 97.4 Å². The second-order valence-corrected chi connectivity index (χ2v) is 4.10. The summed E-state index contributed by atoms with van der Waals surface area (Å²) < 4.78 is 37.1. The van der Waals surface area contributed by atoms with Gasteiger partial charge in [-0.1, -0.05) is 11.6 Å². The minimum Gasteiger partial charge on any atom is -0.294 e. The lowest BCUT2D eigenvalue weighted by Gasteiger charge is -2.11. The predicted octanol–water partition coefficient (Wildman–Crippen LogP) is 4.32. The average molecular weight is 301 g/mol.